The van der Waals surface area contributed by atoms with Gasteiger partial charge >= 0.3 is 12.1 Å². The maximum Gasteiger partial charge on any atom is 0.408 e. The monoisotopic (exact) mass is 394 g/mol. The maximum atomic E-state index is 12.3. The number of carbonyl (C=O) groups is 2. The Balaban J connectivity index is 1.49. The number of amides is 1. The summed E-state index contributed by atoms with van der Waals surface area (Å²) in [6, 6.07) is 14.9. The van der Waals surface area contributed by atoms with Crippen LogP contribution in [0.15, 0.2) is 54.0 Å². The first kappa shape index (κ1) is 18.2. The molecule has 0 bridgehead atoms. The highest BCUT2D eigenvalue weighted by atomic mass is 32.1. The molecule has 1 unspecified atom stereocenters. The Morgan fingerprint density at radius 3 is 2.29 bits per heavy atom. The van der Waals surface area contributed by atoms with Crippen molar-refractivity contribution in [3.05, 3.63) is 75.7 Å². The van der Waals surface area contributed by atoms with Gasteiger partial charge in [-0.25, -0.2) is 14.6 Å². The van der Waals surface area contributed by atoms with Crippen LogP contribution in [-0.4, -0.2) is 28.8 Å². The molecule has 1 heterocycles. The van der Waals surface area contributed by atoms with Crippen molar-refractivity contribution in [3.8, 4) is 11.1 Å². The summed E-state index contributed by atoms with van der Waals surface area (Å²) in [7, 11) is 0. The fourth-order valence-corrected chi connectivity index (χ4v) is 4.43. The Labute approximate surface area is 165 Å². The minimum absolute atomic E-state index is 0.0773. The number of thiazole rings is 1. The number of ether oxygens (including phenoxy) is 1. The van der Waals surface area contributed by atoms with Gasteiger partial charge in [0, 0.05) is 5.92 Å². The van der Waals surface area contributed by atoms with Gasteiger partial charge in [-0.05, 0) is 29.2 Å². The van der Waals surface area contributed by atoms with Gasteiger partial charge < -0.3 is 15.2 Å². The predicted molar refractivity (Wildman–Crippen MR) is 105 cm³/mol. The normalized spacial score (nSPS) is 13.5. The fraction of sp³-hybridized carbons (Fsp3) is 0.190. The Hall–Kier alpha value is -3.19. The lowest BCUT2D eigenvalue weighted by Gasteiger charge is -2.17. The van der Waals surface area contributed by atoms with Gasteiger partial charge in [-0.1, -0.05) is 48.5 Å². The number of nitrogens with zero attached hydrogens (tertiary/aromatic N) is 1. The SMILES string of the molecule is Cc1ncsc1C(NC(=O)OCC1c2ccccc2-c2ccccc21)C(=O)O. The number of carboxylic acid groups (broad SMARTS) is 1. The van der Waals surface area contributed by atoms with E-state index in [2.05, 4.69) is 22.4 Å². The first-order valence-corrected chi connectivity index (χ1v) is 9.68. The molecule has 1 aliphatic carbocycles. The number of fused-ring (bicyclic) bond motifs is 3. The van der Waals surface area contributed by atoms with Gasteiger partial charge in [0.15, 0.2) is 6.04 Å². The molecule has 0 aliphatic heterocycles. The summed E-state index contributed by atoms with van der Waals surface area (Å²) in [4.78, 5) is 28.5. The van der Waals surface area contributed by atoms with E-state index in [0.29, 0.717) is 10.6 Å². The number of nitrogens with one attached hydrogen (secondary N) is 1. The lowest BCUT2D eigenvalue weighted by Crippen LogP contribution is -2.34. The number of alkyl carbamates (subject to hydrolysis) is 1. The van der Waals surface area contributed by atoms with Crippen molar-refractivity contribution in [1.29, 1.82) is 0 Å². The van der Waals surface area contributed by atoms with Gasteiger partial charge in [0.1, 0.15) is 6.61 Å². The summed E-state index contributed by atoms with van der Waals surface area (Å²) in [5.41, 5.74) is 6.61. The van der Waals surface area contributed by atoms with Crippen molar-refractivity contribution in [2.24, 2.45) is 0 Å². The predicted octanol–water partition coefficient (Wildman–Crippen LogP) is 4.12. The van der Waals surface area contributed by atoms with Crippen molar-refractivity contribution in [2.75, 3.05) is 6.61 Å². The summed E-state index contributed by atoms with van der Waals surface area (Å²) in [6.07, 6.45) is -0.762. The number of hydrogen-bond donors (Lipinski definition) is 2. The summed E-state index contributed by atoms with van der Waals surface area (Å²) >= 11 is 1.19. The van der Waals surface area contributed by atoms with E-state index in [-0.39, 0.29) is 12.5 Å². The van der Waals surface area contributed by atoms with E-state index in [1.165, 1.54) is 11.3 Å². The zero-order valence-corrected chi connectivity index (χ0v) is 15.9. The molecule has 0 saturated carbocycles. The van der Waals surface area contributed by atoms with Gasteiger partial charge in [0.05, 0.1) is 16.1 Å². The molecule has 0 spiro atoms. The van der Waals surface area contributed by atoms with Gasteiger partial charge in [0.2, 0.25) is 0 Å². The number of aromatic nitrogens is 1. The van der Waals surface area contributed by atoms with Crippen LogP contribution in [0.3, 0.4) is 0 Å². The number of hydrogen-bond acceptors (Lipinski definition) is 5. The highest BCUT2D eigenvalue weighted by Gasteiger charge is 2.30. The smallest absolute Gasteiger partial charge is 0.408 e. The van der Waals surface area contributed by atoms with Crippen molar-refractivity contribution in [2.45, 2.75) is 18.9 Å². The molecule has 2 aromatic carbocycles. The first-order valence-electron chi connectivity index (χ1n) is 8.80. The van der Waals surface area contributed by atoms with Crippen LogP contribution in [0.5, 0.6) is 0 Å². The molecule has 7 heteroatoms. The summed E-state index contributed by atoms with van der Waals surface area (Å²) < 4.78 is 5.43. The van der Waals surface area contributed by atoms with E-state index in [4.69, 9.17) is 4.74 Å². The minimum Gasteiger partial charge on any atom is -0.479 e. The Morgan fingerprint density at radius 1 is 1.14 bits per heavy atom. The summed E-state index contributed by atoms with van der Waals surface area (Å²) in [5.74, 6) is -1.23. The number of carbonyl (C=O) groups excluding carboxylic acids is 1. The third-order valence-electron chi connectivity index (χ3n) is 4.90. The van der Waals surface area contributed by atoms with E-state index in [1.807, 2.05) is 36.4 Å². The van der Waals surface area contributed by atoms with E-state index in [1.54, 1.807) is 12.4 Å². The molecule has 142 valence electrons. The molecular weight excluding hydrogens is 376 g/mol. The maximum absolute atomic E-state index is 12.3. The van der Waals surface area contributed by atoms with E-state index < -0.39 is 18.1 Å². The molecule has 1 aromatic heterocycles. The molecule has 6 nitrogen and oxygen atoms in total. The van der Waals surface area contributed by atoms with Gasteiger partial charge in [0.25, 0.3) is 0 Å². The van der Waals surface area contributed by atoms with Crippen LogP contribution in [0.2, 0.25) is 0 Å². The standard InChI is InChI=1S/C21H18N2O4S/c1-12-19(28-11-22-12)18(20(24)25)23-21(26)27-10-17-15-8-4-2-6-13(15)14-7-3-5-9-16(14)17/h2-9,11,17-18H,10H2,1H3,(H,23,26)(H,24,25). The van der Waals surface area contributed by atoms with Crippen LogP contribution in [0.25, 0.3) is 11.1 Å². The summed E-state index contributed by atoms with van der Waals surface area (Å²) in [5, 5.41) is 11.9. The average Bonchev–Trinajstić information content (AvgIpc) is 3.25. The second-order valence-corrected chi connectivity index (χ2v) is 7.43. The zero-order valence-electron chi connectivity index (χ0n) is 15.1. The van der Waals surface area contributed by atoms with Crippen LogP contribution in [0.1, 0.15) is 33.7 Å². The third-order valence-corrected chi connectivity index (χ3v) is 5.89. The second kappa shape index (κ2) is 7.44. The second-order valence-electron chi connectivity index (χ2n) is 6.54. The molecule has 1 amide bonds. The number of carboxylic acids is 1. The number of aliphatic carboxylic acids is 1. The molecule has 2 N–H and O–H groups in total. The lowest BCUT2D eigenvalue weighted by molar-refractivity contribution is -0.139. The Kier molecular flexibility index (Phi) is 4.83. The van der Waals surface area contributed by atoms with Crippen molar-refractivity contribution in [3.63, 3.8) is 0 Å². The van der Waals surface area contributed by atoms with Crippen LogP contribution < -0.4 is 5.32 Å². The van der Waals surface area contributed by atoms with Crippen LogP contribution in [-0.2, 0) is 9.53 Å². The zero-order chi connectivity index (χ0) is 19.7. The highest BCUT2D eigenvalue weighted by Crippen LogP contribution is 2.44. The fourth-order valence-electron chi connectivity index (χ4n) is 3.59. The molecule has 4 rings (SSSR count). The van der Waals surface area contributed by atoms with Crippen LogP contribution in [0.4, 0.5) is 4.79 Å². The molecule has 0 fully saturated rings. The largest absolute Gasteiger partial charge is 0.479 e. The van der Waals surface area contributed by atoms with Gasteiger partial charge in [-0.15, -0.1) is 11.3 Å². The highest BCUT2D eigenvalue weighted by molar-refractivity contribution is 7.10. The Bertz CT molecular complexity index is 1000. The van der Waals surface area contributed by atoms with Gasteiger partial charge in [-0.3, -0.25) is 0 Å². The molecule has 3 aromatic rings. The number of benzene rings is 2. The molecule has 1 aliphatic rings. The minimum atomic E-state index is -1.18. The molecule has 28 heavy (non-hydrogen) atoms. The topological polar surface area (TPSA) is 88.5 Å². The number of aryl methyl sites for hydroxylation is 1. The quantitative estimate of drug-likeness (QED) is 0.680. The lowest BCUT2D eigenvalue weighted by atomic mass is 9.98. The summed E-state index contributed by atoms with van der Waals surface area (Å²) in [6.45, 7) is 1.84. The average molecular weight is 394 g/mol. The van der Waals surface area contributed by atoms with Crippen molar-refractivity contribution >= 4 is 23.4 Å². The third kappa shape index (κ3) is 3.25. The van der Waals surface area contributed by atoms with Crippen LogP contribution >= 0.6 is 11.3 Å². The molecule has 0 radical (unpaired) electrons. The Morgan fingerprint density at radius 2 is 1.75 bits per heavy atom. The van der Waals surface area contributed by atoms with Crippen molar-refractivity contribution < 1.29 is 19.4 Å². The van der Waals surface area contributed by atoms with Gasteiger partial charge in [-0.2, -0.15) is 0 Å². The van der Waals surface area contributed by atoms with E-state index >= 15 is 0 Å². The number of rotatable bonds is 5. The molecular formula is C21H18N2O4S. The van der Waals surface area contributed by atoms with E-state index in [9.17, 15) is 14.7 Å². The van der Waals surface area contributed by atoms with Crippen LogP contribution in [0, 0.1) is 6.92 Å². The molecule has 1 atom stereocenters. The van der Waals surface area contributed by atoms with Crippen molar-refractivity contribution in [1.82, 2.24) is 10.3 Å². The van der Waals surface area contributed by atoms with E-state index in [0.717, 1.165) is 22.3 Å². The molecule has 0 saturated heterocycles. The first-order chi connectivity index (χ1) is 13.6.